The van der Waals surface area contributed by atoms with Gasteiger partial charge in [0.1, 0.15) is 12.3 Å². The molecule has 7 heteroatoms. The van der Waals surface area contributed by atoms with Crippen LogP contribution in [0, 0.1) is 0 Å². The zero-order valence-electron chi connectivity index (χ0n) is 16.7. The minimum atomic E-state index is -0.534. The number of hydrogen-bond donors (Lipinski definition) is 1. The van der Waals surface area contributed by atoms with Gasteiger partial charge in [-0.05, 0) is 47.5 Å². The summed E-state index contributed by atoms with van der Waals surface area (Å²) in [6.45, 7) is 0.404. The van der Waals surface area contributed by atoms with Crippen LogP contribution in [0.2, 0.25) is 5.02 Å². The summed E-state index contributed by atoms with van der Waals surface area (Å²) in [5.41, 5.74) is 2.28. The van der Waals surface area contributed by atoms with Crippen molar-refractivity contribution in [2.75, 3.05) is 12.0 Å². The van der Waals surface area contributed by atoms with E-state index in [1.54, 1.807) is 55.7 Å². The Morgan fingerprint density at radius 3 is 2.52 bits per heavy atom. The van der Waals surface area contributed by atoms with Gasteiger partial charge in [0.25, 0.3) is 5.91 Å². The molecule has 31 heavy (non-hydrogen) atoms. The maximum atomic E-state index is 12.8. The number of nitrogens with zero attached hydrogens (tertiary/aromatic N) is 1. The highest BCUT2D eigenvalue weighted by Crippen LogP contribution is 2.30. The molecule has 1 fully saturated rings. The van der Waals surface area contributed by atoms with Crippen LogP contribution in [0.15, 0.2) is 78.5 Å². The third-order valence-corrected chi connectivity index (χ3v) is 4.92. The van der Waals surface area contributed by atoms with Crippen molar-refractivity contribution in [1.29, 1.82) is 0 Å². The van der Waals surface area contributed by atoms with E-state index in [1.807, 2.05) is 30.3 Å². The molecule has 0 radical (unpaired) electrons. The largest absolute Gasteiger partial charge is 0.493 e. The van der Waals surface area contributed by atoms with E-state index >= 15 is 0 Å². The summed E-state index contributed by atoms with van der Waals surface area (Å²) in [5, 5.41) is 3.04. The Morgan fingerprint density at radius 1 is 0.968 bits per heavy atom. The predicted octanol–water partition coefficient (Wildman–Crippen LogP) is 5.02. The lowest BCUT2D eigenvalue weighted by atomic mass is 10.1. The first-order valence-corrected chi connectivity index (χ1v) is 9.90. The van der Waals surface area contributed by atoms with Gasteiger partial charge >= 0.3 is 6.03 Å². The number of halogens is 1. The first-order chi connectivity index (χ1) is 15.0. The van der Waals surface area contributed by atoms with E-state index in [0.717, 1.165) is 10.5 Å². The minimum absolute atomic E-state index is 0.157. The molecule has 1 N–H and O–H groups in total. The number of anilines is 1. The van der Waals surface area contributed by atoms with Crippen molar-refractivity contribution in [3.63, 3.8) is 0 Å². The van der Waals surface area contributed by atoms with Crippen LogP contribution in [-0.4, -0.2) is 19.0 Å². The highest BCUT2D eigenvalue weighted by Gasteiger charge is 2.34. The van der Waals surface area contributed by atoms with Crippen LogP contribution in [0.4, 0.5) is 10.5 Å². The van der Waals surface area contributed by atoms with E-state index in [4.69, 9.17) is 21.1 Å². The highest BCUT2D eigenvalue weighted by atomic mass is 35.5. The van der Waals surface area contributed by atoms with E-state index < -0.39 is 11.9 Å². The quantitative estimate of drug-likeness (QED) is 0.436. The molecule has 1 heterocycles. The number of amides is 3. The molecule has 4 rings (SSSR count). The molecule has 0 spiro atoms. The maximum Gasteiger partial charge on any atom is 0.333 e. The molecular weight excluding hydrogens is 416 g/mol. The fourth-order valence-electron chi connectivity index (χ4n) is 3.18. The Kier molecular flexibility index (Phi) is 5.91. The molecule has 0 aliphatic carbocycles. The number of urea groups is 1. The Labute approximate surface area is 184 Å². The molecule has 0 atom stereocenters. The summed E-state index contributed by atoms with van der Waals surface area (Å²) in [4.78, 5) is 26.2. The predicted molar refractivity (Wildman–Crippen MR) is 119 cm³/mol. The Hall–Kier alpha value is -3.77. The van der Waals surface area contributed by atoms with Crippen LogP contribution in [-0.2, 0) is 11.4 Å². The molecule has 3 aromatic rings. The summed E-state index contributed by atoms with van der Waals surface area (Å²) in [6.07, 6.45) is 1.59. The number of benzene rings is 3. The second-order valence-electron chi connectivity index (χ2n) is 6.79. The average molecular weight is 435 g/mol. The molecule has 1 saturated heterocycles. The number of nitrogens with one attached hydrogen (secondary N) is 1. The summed E-state index contributed by atoms with van der Waals surface area (Å²) in [6, 6.07) is 21.1. The molecule has 3 amide bonds. The summed E-state index contributed by atoms with van der Waals surface area (Å²) in [5.74, 6) is 0.639. The molecule has 0 aromatic heterocycles. The topological polar surface area (TPSA) is 67.9 Å². The Bertz CT molecular complexity index is 1160. The van der Waals surface area contributed by atoms with Crippen LogP contribution < -0.4 is 19.7 Å². The number of ether oxygens (including phenoxy) is 2. The van der Waals surface area contributed by atoms with Gasteiger partial charge in [0.2, 0.25) is 0 Å². The molecule has 0 unspecified atom stereocenters. The van der Waals surface area contributed by atoms with Crippen LogP contribution in [0.5, 0.6) is 11.5 Å². The lowest BCUT2D eigenvalue weighted by Crippen LogP contribution is -2.30. The van der Waals surface area contributed by atoms with Crippen molar-refractivity contribution in [1.82, 2.24) is 5.32 Å². The molecule has 156 valence electrons. The number of carbonyl (C=O) groups is 2. The van der Waals surface area contributed by atoms with Crippen LogP contribution in [0.25, 0.3) is 6.08 Å². The average Bonchev–Trinajstić information content (AvgIpc) is 3.06. The monoisotopic (exact) mass is 434 g/mol. The number of imide groups is 1. The number of hydrogen-bond acceptors (Lipinski definition) is 4. The van der Waals surface area contributed by atoms with Crippen molar-refractivity contribution < 1.29 is 19.1 Å². The normalized spacial score (nSPS) is 14.6. The van der Waals surface area contributed by atoms with Gasteiger partial charge in [-0.1, -0.05) is 54.1 Å². The van der Waals surface area contributed by atoms with Crippen molar-refractivity contribution >= 4 is 35.3 Å². The van der Waals surface area contributed by atoms with E-state index in [0.29, 0.717) is 34.4 Å². The molecule has 0 bridgehead atoms. The zero-order chi connectivity index (χ0) is 21.8. The first kappa shape index (κ1) is 20.5. The van der Waals surface area contributed by atoms with Gasteiger partial charge in [0, 0.05) is 5.02 Å². The van der Waals surface area contributed by atoms with Gasteiger partial charge in [-0.25, -0.2) is 9.69 Å². The minimum Gasteiger partial charge on any atom is -0.493 e. The van der Waals surface area contributed by atoms with Crippen molar-refractivity contribution in [3.8, 4) is 11.5 Å². The molecule has 6 nitrogen and oxygen atoms in total. The maximum absolute atomic E-state index is 12.8. The van der Waals surface area contributed by atoms with Crippen LogP contribution >= 0.6 is 11.6 Å². The third kappa shape index (κ3) is 4.54. The molecule has 1 aliphatic rings. The number of methoxy groups -OCH3 is 1. The smallest absolute Gasteiger partial charge is 0.333 e. The lowest BCUT2D eigenvalue weighted by molar-refractivity contribution is -0.113. The van der Waals surface area contributed by atoms with Gasteiger partial charge in [0.05, 0.1) is 12.8 Å². The first-order valence-electron chi connectivity index (χ1n) is 9.52. The molecule has 1 aliphatic heterocycles. The third-order valence-electron chi connectivity index (χ3n) is 4.68. The van der Waals surface area contributed by atoms with Crippen molar-refractivity contribution in [2.24, 2.45) is 0 Å². The van der Waals surface area contributed by atoms with Gasteiger partial charge in [0.15, 0.2) is 11.5 Å². The standard InChI is InChI=1S/C24H19ClN2O4/c1-30-22-13-17(10-11-21(22)31-15-16-6-3-2-4-7-16)12-20-23(28)27(24(29)26-20)19-9-5-8-18(25)14-19/h2-14H,15H2,1H3,(H,26,29)/b20-12+. The number of rotatable bonds is 6. The Balaban J connectivity index is 1.54. The molecule has 0 saturated carbocycles. The second kappa shape index (κ2) is 8.93. The van der Waals surface area contributed by atoms with Crippen LogP contribution in [0.1, 0.15) is 11.1 Å². The van der Waals surface area contributed by atoms with E-state index in [1.165, 1.54) is 0 Å². The van der Waals surface area contributed by atoms with E-state index in [9.17, 15) is 9.59 Å². The van der Waals surface area contributed by atoms with Gasteiger partial charge in [-0.15, -0.1) is 0 Å². The van der Waals surface area contributed by atoms with Crippen LogP contribution in [0.3, 0.4) is 0 Å². The summed E-state index contributed by atoms with van der Waals surface area (Å²) in [7, 11) is 1.55. The molecule has 3 aromatic carbocycles. The lowest BCUT2D eigenvalue weighted by Gasteiger charge is -2.12. The van der Waals surface area contributed by atoms with E-state index in [2.05, 4.69) is 5.32 Å². The molecular formula is C24H19ClN2O4. The van der Waals surface area contributed by atoms with E-state index in [-0.39, 0.29) is 5.70 Å². The van der Waals surface area contributed by atoms with Crippen molar-refractivity contribution in [2.45, 2.75) is 6.61 Å². The second-order valence-corrected chi connectivity index (χ2v) is 7.23. The summed E-state index contributed by atoms with van der Waals surface area (Å²) >= 11 is 5.99. The fraction of sp³-hybridized carbons (Fsp3) is 0.0833. The zero-order valence-corrected chi connectivity index (χ0v) is 17.4. The van der Waals surface area contributed by atoms with Gasteiger partial charge < -0.3 is 14.8 Å². The number of carbonyl (C=O) groups excluding carboxylic acids is 2. The van der Waals surface area contributed by atoms with Crippen molar-refractivity contribution in [3.05, 3.63) is 94.6 Å². The van der Waals surface area contributed by atoms with Gasteiger partial charge in [-0.2, -0.15) is 0 Å². The fourth-order valence-corrected chi connectivity index (χ4v) is 3.36. The summed E-state index contributed by atoms with van der Waals surface area (Å²) < 4.78 is 11.3. The SMILES string of the molecule is COc1cc(/C=C2/NC(=O)N(c3cccc(Cl)c3)C2=O)ccc1OCc1ccccc1. The highest BCUT2D eigenvalue weighted by molar-refractivity contribution is 6.32. The Morgan fingerprint density at radius 2 is 1.77 bits per heavy atom. The van der Waals surface area contributed by atoms with Gasteiger partial charge in [-0.3, -0.25) is 4.79 Å².